The third-order valence-electron chi connectivity index (χ3n) is 1.79. The van der Waals surface area contributed by atoms with Crippen LogP contribution in [0.25, 0.3) is 0 Å². The number of aryl methyl sites for hydroxylation is 1. The monoisotopic (exact) mass is 221 g/mol. The van der Waals surface area contributed by atoms with E-state index in [4.69, 9.17) is 5.73 Å². The molecule has 0 aliphatic carbocycles. The topological polar surface area (TPSA) is 80.5 Å². The average Bonchev–Trinajstić information content (AvgIpc) is 2.62. The Labute approximate surface area is 91.5 Å². The highest BCUT2D eigenvalue weighted by atomic mass is 32.2. The van der Waals surface area contributed by atoms with E-state index in [-0.39, 0.29) is 0 Å². The number of nitrogens with one attached hydrogen (secondary N) is 1. The fourth-order valence-electron chi connectivity index (χ4n) is 1.12. The fourth-order valence-corrected chi connectivity index (χ4v) is 1.91. The number of hydrogen-bond acceptors (Lipinski definition) is 5. The lowest BCUT2D eigenvalue weighted by molar-refractivity contribution is 0.969. The Morgan fingerprint density at radius 3 is 3.07 bits per heavy atom. The number of anilines is 1. The van der Waals surface area contributed by atoms with Crippen molar-refractivity contribution in [3.8, 4) is 0 Å². The smallest absolute Gasteiger partial charge is 0.208 e. The van der Waals surface area contributed by atoms with E-state index < -0.39 is 0 Å². The summed E-state index contributed by atoms with van der Waals surface area (Å²) in [5.74, 6) is 2.16. The lowest BCUT2D eigenvalue weighted by Crippen LogP contribution is -1.91. The van der Waals surface area contributed by atoms with Crippen molar-refractivity contribution in [2.45, 2.75) is 17.8 Å². The van der Waals surface area contributed by atoms with Gasteiger partial charge in [-0.1, -0.05) is 11.8 Å². The first kappa shape index (κ1) is 9.97. The molecule has 0 aliphatic heterocycles. The molecule has 0 saturated heterocycles. The molecular formula is C9H11N5S. The first-order chi connectivity index (χ1) is 7.24. The van der Waals surface area contributed by atoms with Crippen LogP contribution >= 0.6 is 11.8 Å². The van der Waals surface area contributed by atoms with Gasteiger partial charge in [0.25, 0.3) is 0 Å². The largest absolute Gasteiger partial charge is 0.384 e. The maximum absolute atomic E-state index is 5.57. The summed E-state index contributed by atoms with van der Waals surface area (Å²) in [5, 5.41) is 7.58. The molecule has 2 aromatic rings. The van der Waals surface area contributed by atoms with Crippen molar-refractivity contribution in [3.63, 3.8) is 0 Å². The quantitative estimate of drug-likeness (QED) is 0.765. The number of nitrogens with two attached hydrogens (primary N) is 1. The zero-order chi connectivity index (χ0) is 10.7. The van der Waals surface area contributed by atoms with Crippen LogP contribution in [0.15, 0.2) is 23.5 Å². The summed E-state index contributed by atoms with van der Waals surface area (Å²) in [6, 6.07) is 3.79. The molecule has 5 nitrogen and oxygen atoms in total. The van der Waals surface area contributed by atoms with Gasteiger partial charge in [-0.15, -0.1) is 5.10 Å². The normalized spacial score (nSPS) is 10.5. The molecule has 0 fully saturated rings. The van der Waals surface area contributed by atoms with Gasteiger partial charge < -0.3 is 5.73 Å². The van der Waals surface area contributed by atoms with Gasteiger partial charge in [-0.3, -0.25) is 5.10 Å². The number of rotatable bonds is 3. The molecule has 2 aromatic heterocycles. The summed E-state index contributed by atoms with van der Waals surface area (Å²) in [6.07, 6.45) is 1.70. The SMILES string of the molecule is Cc1nc(SCc2ccnc(N)c2)n[nH]1. The van der Waals surface area contributed by atoms with Crippen LogP contribution in [0.1, 0.15) is 11.4 Å². The van der Waals surface area contributed by atoms with E-state index >= 15 is 0 Å². The Kier molecular flexibility index (Phi) is 2.86. The molecule has 0 aromatic carbocycles. The van der Waals surface area contributed by atoms with E-state index in [9.17, 15) is 0 Å². The van der Waals surface area contributed by atoms with Crippen molar-refractivity contribution < 1.29 is 0 Å². The summed E-state index contributed by atoms with van der Waals surface area (Å²) in [5.41, 5.74) is 6.69. The second kappa shape index (κ2) is 4.31. The maximum atomic E-state index is 5.57. The van der Waals surface area contributed by atoms with Crippen molar-refractivity contribution in [3.05, 3.63) is 29.7 Å². The van der Waals surface area contributed by atoms with E-state index in [1.807, 2.05) is 19.1 Å². The highest BCUT2D eigenvalue weighted by molar-refractivity contribution is 7.98. The van der Waals surface area contributed by atoms with Gasteiger partial charge in [0.15, 0.2) is 0 Å². The number of hydrogen-bond donors (Lipinski definition) is 2. The van der Waals surface area contributed by atoms with Crippen LogP contribution in [0, 0.1) is 6.92 Å². The lowest BCUT2D eigenvalue weighted by atomic mass is 10.3. The molecule has 3 N–H and O–H groups in total. The first-order valence-electron chi connectivity index (χ1n) is 4.46. The van der Waals surface area contributed by atoms with Crippen LogP contribution < -0.4 is 5.73 Å². The zero-order valence-electron chi connectivity index (χ0n) is 8.27. The van der Waals surface area contributed by atoms with E-state index in [0.29, 0.717) is 5.82 Å². The molecule has 0 radical (unpaired) electrons. The molecule has 6 heteroatoms. The Morgan fingerprint density at radius 2 is 2.40 bits per heavy atom. The molecule has 2 rings (SSSR count). The van der Waals surface area contributed by atoms with Crippen LogP contribution in [0.5, 0.6) is 0 Å². The molecule has 2 heterocycles. The van der Waals surface area contributed by atoms with E-state index in [1.165, 1.54) is 0 Å². The molecule has 15 heavy (non-hydrogen) atoms. The summed E-state index contributed by atoms with van der Waals surface area (Å²) in [6.45, 7) is 1.88. The summed E-state index contributed by atoms with van der Waals surface area (Å²) >= 11 is 1.57. The van der Waals surface area contributed by atoms with E-state index in [1.54, 1.807) is 18.0 Å². The van der Waals surface area contributed by atoms with Crippen molar-refractivity contribution in [1.82, 2.24) is 20.2 Å². The molecule has 0 atom stereocenters. The van der Waals surface area contributed by atoms with Crippen molar-refractivity contribution >= 4 is 17.6 Å². The molecular weight excluding hydrogens is 210 g/mol. The second-order valence-corrected chi connectivity index (χ2v) is 4.02. The van der Waals surface area contributed by atoms with Gasteiger partial charge >= 0.3 is 0 Å². The molecule has 0 spiro atoms. The highest BCUT2D eigenvalue weighted by Gasteiger charge is 2.01. The minimum Gasteiger partial charge on any atom is -0.384 e. The number of nitrogen functional groups attached to an aromatic ring is 1. The van der Waals surface area contributed by atoms with Gasteiger partial charge in [0.1, 0.15) is 11.6 Å². The summed E-state index contributed by atoms with van der Waals surface area (Å²) in [7, 11) is 0. The van der Waals surface area contributed by atoms with Crippen molar-refractivity contribution in [2.24, 2.45) is 0 Å². The average molecular weight is 221 g/mol. The Hall–Kier alpha value is -1.56. The van der Waals surface area contributed by atoms with Crippen LogP contribution in [0.4, 0.5) is 5.82 Å². The van der Waals surface area contributed by atoms with Gasteiger partial charge in [0.05, 0.1) is 0 Å². The number of nitrogens with zero attached hydrogens (tertiary/aromatic N) is 3. The third-order valence-corrected chi connectivity index (χ3v) is 2.71. The Balaban J connectivity index is 1.99. The van der Waals surface area contributed by atoms with Gasteiger partial charge in [-0.25, -0.2) is 9.97 Å². The number of thioether (sulfide) groups is 1. The van der Waals surface area contributed by atoms with Crippen LogP contribution in [-0.2, 0) is 5.75 Å². The summed E-state index contributed by atoms with van der Waals surface area (Å²) < 4.78 is 0. The second-order valence-electron chi connectivity index (χ2n) is 3.08. The van der Waals surface area contributed by atoms with Gasteiger partial charge in [0.2, 0.25) is 5.16 Å². The number of aromatic amines is 1. The third kappa shape index (κ3) is 2.69. The number of aromatic nitrogens is 4. The molecule has 0 aliphatic rings. The fraction of sp³-hybridized carbons (Fsp3) is 0.222. The first-order valence-corrected chi connectivity index (χ1v) is 5.45. The molecule has 78 valence electrons. The standard InChI is InChI=1S/C9H11N5S/c1-6-12-9(14-13-6)15-5-7-2-3-11-8(10)4-7/h2-4H,5H2,1H3,(H2,10,11)(H,12,13,14). The highest BCUT2D eigenvalue weighted by Crippen LogP contribution is 2.19. The molecule has 0 amide bonds. The number of pyridine rings is 1. The van der Waals surface area contributed by atoms with Crippen LogP contribution in [0.3, 0.4) is 0 Å². The predicted molar refractivity (Wildman–Crippen MR) is 59.3 cm³/mol. The Bertz CT molecular complexity index is 453. The minimum absolute atomic E-state index is 0.541. The van der Waals surface area contributed by atoms with Crippen molar-refractivity contribution in [1.29, 1.82) is 0 Å². The lowest BCUT2D eigenvalue weighted by Gasteiger charge is -1.98. The Morgan fingerprint density at radius 1 is 1.53 bits per heavy atom. The van der Waals surface area contributed by atoms with Crippen LogP contribution in [0.2, 0.25) is 0 Å². The van der Waals surface area contributed by atoms with Gasteiger partial charge in [0, 0.05) is 11.9 Å². The molecule has 0 saturated carbocycles. The van der Waals surface area contributed by atoms with Gasteiger partial charge in [-0.2, -0.15) is 0 Å². The molecule has 0 unspecified atom stereocenters. The molecule has 0 bridgehead atoms. The van der Waals surface area contributed by atoms with Gasteiger partial charge in [-0.05, 0) is 24.6 Å². The number of H-pyrrole nitrogens is 1. The summed E-state index contributed by atoms with van der Waals surface area (Å²) in [4.78, 5) is 8.13. The van der Waals surface area contributed by atoms with Crippen LogP contribution in [-0.4, -0.2) is 20.2 Å². The maximum Gasteiger partial charge on any atom is 0.208 e. The van der Waals surface area contributed by atoms with E-state index in [2.05, 4.69) is 20.2 Å². The minimum atomic E-state index is 0.541. The van der Waals surface area contributed by atoms with E-state index in [0.717, 1.165) is 22.3 Å². The predicted octanol–water partition coefficient (Wildman–Crippen LogP) is 1.38. The zero-order valence-corrected chi connectivity index (χ0v) is 9.08. The van der Waals surface area contributed by atoms with Crippen molar-refractivity contribution in [2.75, 3.05) is 5.73 Å².